The highest BCUT2D eigenvalue weighted by atomic mass is 16.5. The highest BCUT2D eigenvalue weighted by Crippen LogP contribution is 2.28. The Kier molecular flexibility index (Phi) is 4.49. The predicted octanol–water partition coefficient (Wildman–Crippen LogP) is 1.99. The normalized spacial score (nSPS) is 20.9. The highest BCUT2D eigenvalue weighted by molar-refractivity contribution is 5.92. The van der Waals surface area contributed by atoms with Crippen molar-refractivity contribution in [1.82, 2.24) is 15.1 Å². The van der Waals surface area contributed by atoms with Crippen LogP contribution in [-0.4, -0.2) is 40.2 Å². The van der Waals surface area contributed by atoms with E-state index in [1.54, 1.807) is 4.90 Å². The number of nitrogens with one attached hydrogen (secondary N) is 1. The van der Waals surface area contributed by atoms with Crippen LogP contribution in [0.15, 0.2) is 35.1 Å². The third-order valence-electron chi connectivity index (χ3n) is 4.37. The summed E-state index contributed by atoms with van der Waals surface area (Å²) < 4.78 is 5.98. The number of ether oxygens (including phenoxy) is 1. The predicted molar refractivity (Wildman–Crippen MR) is 90.0 cm³/mol. The van der Waals surface area contributed by atoms with Crippen molar-refractivity contribution < 1.29 is 9.53 Å². The summed E-state index contributed by atoms with van der Waals surface area (Å²) in [4.78, 5) is 25.6. The number of aromatic amines is 1. The third-order valence-corrected chi connectivity index (χ3v) is 4.37. The molecule has 1 aromatic heterocycles. The minimum Gasteiger partial charge on any atom is -0.370 e. The van der Waals surface area contributed by atoms with Crippen LogP contribution in [0.1, 0.15) is 40.2 Å². The number of nitrogens with zero attached hydrogens (tertiary/aromatic N) is 2. The summed E-state index contributed by atoms with van der Waals surface area (Å²) in [5.41, 5.74) is 3.33. The van der Waals surface area contributed by atoms with Crippen LogP contribution in [0.2, 0.25) is 0 Å². The summed E-state index contributed by atoms with van der Waals surface area (Å²) in [6.07, 6.45) is -0.159. The molecule has 0 aliphatic carbocycles. The van der Waals surface area contributed by atoms with Gasteiger partial charge in [-0.2, -0.15) is 5.10 Å². The molecule has 2 aromatic rings. The summed E-state index contributed by atoms with van der Waals surface area (Å²) in [6.45, 7) is 6.97. The zero-order valence-electron chi connectivity index (χ0n) is 14.1. The molecule has 1 fully saturated rings. The van der Waals surface area contributed by atoms with Gasteiger partial charge in [0.15, 0.2) is 0 Å². The first-order chi connectivity index (χ1) is 11.5. The zero-order valence-corrected chi connectivity index (χ0v) is 14.1. The molecule has 1 aliphatic heterocycles. The molecule has 0 bridgehead atoms. The van der Waals surface area contributed by atoms with Gasteiger partial charge in [0.05, 0.1) is 19.2 Å². The molecule has 2 unspecified atom stereocenters. The molecule has 6 heteroatoms. The van der Waals surface area contributed by atoms with Crippen LogP contribution >= 0.6 is 0 Å². The standard InChI is InChI=1S/C18H21N3O3/c1-11-4-5-12(2)14(8-11)16-9-21(13(3)10-24-16)18(23)15-6-7-17(22)20-19-15/h4-8,13,16H,9-10H2,1-3H3,(H,20,22). The smallest absolute Gasteiger partial charge is 0.274 e. The Labute approximate surface area is 140 Å². The van der Waals surface area contributed by atoms with Crippen LogP contribution in [0.25, 0.3) is 0 Å². The number of hydrogen-bond acceptors (Lipinski definition) is 4. The number of H-pyrrole nitrogens is 1. The van der Waals surface area contributed by atoms with E-state index in [0.29, 0.717) is 13.2 Å². The van der Waals surface area contributed by atoms with Crippen LogP contribution in [0.5, 0.6) is 0 Å². The van der Waals surface area contributed by atoms with Gasteiger partial charge >= 0.3 is 0 Å². The Hall–Kier alpha value is -2.47. The first-order valence-corrected chi connectivity index (χ1v) is 8.01. The van der Waals surface area contributed by atoms with Crippen LogP contribution in [-0.2, 0) is 4.74 Å². The topological polar surface area (TPSA) is 75.3 Å². The van der Waals surface area contributed by atoms with E-state index >= 15 is 0 Å². The molecule has 126 valence electrons. The average Bonchev–Trinajstić information content (AvgIpc) is 2.58. The van der Waals surface area contributed by atoms with E-state index in [1.807, 2.05) is 20.8 Å². The minimum atomic E-state index is -0.324. The second-order valence-electron chi connectivity index (χ2n) is 6.29. The summed E-state index contributed by atoms with van der Waals surface area (Å²) in [7, 11) is 0. The van der Waals surface area contributed by atoms with Gasteiger partial charge in [-0.05, 0) is 38.0 Å². The van der Waals surface area contributed by atoms with Crippen LogP contribution in [0.4, 0.5) is 0 Å². The molecule has 1 N–H and O–H groups in total. The molecule has 0 saturated carbocycles. The number of carbonyl (C=O) groups excluding carboxylic acids is 1. The number of carbonyl (C=O) groups is 1. The molecule has 0 radical (unpaired) electrons. The van der Waals surface area contributed by atoms with Gasteiger partial charge in [0.1, 0.15) is 11.8 Å². The second kappa shape index (κ2) is 6.57. The van der Waals surface area contributed by atoms with Crippen LogP contribution < -0.4 is 5.56 Å². The first-order valence-electron chi connectivity index (χ1n) is 8.01. The fourth-order valence-electron chi connectivity index (χ4n) is 2.95. The Morgan fingerprint density at radius 2 is 2.08 bits per heavy atom. The van der Waals surface area contributed by atoms with Crippen LogP contribution in [0, 0.1) is 13.8 Å². The monoisotopic (exact) mass is 327 g/mol. The van der Waals surface area contributed by atoms with Gasteiger partial charge in [-0.3, -0.25) is 9.59 Å². The van der Waals surface area contributed by atoms with E-state index in [9.17, 15) is 9.59 Å². The maximum Gasteiger partial charge on any atom is 0.274 e. The molecular formula is C18H21N3O3. The quantitative estimate of drug-likeness (QED) is 0.915. The average molecular weight is 327 g/mol. The number of aromatic nitrogens is 2. The maximum atomic E-state index is 12.7. The minimum absolute atomic E-state index is 0.0485. The molecule has 1 aliphatic rings. The molecule has 0 spiro atoms. The maximum absolute atomic E-state index is 12.7. The zero-order chi connectivity index (χ0) is 17.3. The number of morpholine rings is 1. The van der Waals surface area contributed by atoms with E-state index < -0.39 is 0 Å². The second-order valence-corrected chi connectivity index (χ2v) is 6.29. The van der Waals surface area contributed by atoms with Gasteiger partial charge in [0, 0.05) is 6.07 Å². The van der Waals surface area contributed by atoms with E-state index in [-0.39, 0.29) is 29.3 Å². The lowest BCUT2D eigenvalue weighted by Crippen LogP contribution is -2.48. The van der Waals surface area contributed by atoms with Gasteiger partial charge in [0.2, 0.25) is 0 Å². The summed E-state index contributed by atoms with van der Waals surface area (Å²) in [5.74, 6) is -0.197. The van der Waals surface area contributed by atoms with Crippen molar-refractivity contribution in [3.63, 3.8) is 0 Å². The number of amides is 1. The van der Waals surface area contributed by atoms with Crippen LogP contribution in [0.3, 0.4) is 0 Å². The lowest BCUT2D eigenvalue weighted by atomic mass is 9.98. The third kappa shape index (κ3) is 3.23. The van der Waals surface area contributed by atoms with E-state index in [0.717, 1.165) is 16.7 Å². The molecule has 3 rings (SSSR count). The van der Waals surface area contributed by atoms with Crippen molar-refractivity contribution in [3.8, 4) is 0 Å². The van der Waals surface area contributed by atoms with Crippen molar-refractivity contribution in [3.05, 3.63) is 63.1 Å². The molecule has 6 nitrogen and oxygen atoms in total. The molecular weight excluding hydrogens is 306 g/mol. The Morgan fingerprint density at radius 3 is 2.79 bits per heavy atom. The molecule has 1 aromatic carbocycles. The van der Waals surface area contributed by atoms with Gasteiger partial charge in [0.25, 0.3) is 11.5 Å². The number of rotatable bonds is 2. The van der Waals surface area contributed by atoms with E-state index in [2.05, 4.69) is 28.4 Å². The first kappa shape index (κ1) is 16.4. The lowest BCUT2D eigenvalue weighted by Gasteiger charge is -2.38. The largest absolute Gasteiger partial charge is 0.370 e. The fourth-order valence-corrected chi connectivity index (χ4v) is 2.95. The van der Waals surface area contributed by atoms with Gasteiger partial charge in [-0.1, -0.05) is 23.8 Å². The Morgan fingerprint density at radius 1 is 1.29 bits per heavy atom. The van der Waals surface area contributed by atoms with Gasteiger partial charge in [-0.25, -0.2) is 5.10 Å². The number of benzene rings is 1. The van der Waals surface area contributed by atoms with Crippen molar-refractivity contribution >= 4 is 5.91 Å². The molecule has 1 saturated heterocycles. The number of hydrogen-bond donors (Lipinski definition) is 1. The fraction of sp³-hybridized carbons (Fsp3) is 0.389. The summed E-state index contributed by atoms with van der Waals surface area (Å²) in [5, 5.41) is 6.16. The number of aryl methyl sites for hydroxylation is 2. The van der Waals surface area contributed by atoms with Crippen molar-refractivity contribution in [2.45, 2.75) is 32.9 Å². The molecule has 24 heavy (non-hydrogen) atoms. The molecule has 2 heterocycles. The Balaban J connectivity index is 1.85. The summed E-state index contributed by atoms with van der Waals surface area (Å²) >= 11 is 0. The lowest BCUT2D eigenvalue weighted by molar-refractivity contribution is -0.0491. The Bertz CT molecular complexity index is 795. The van der Waals surface area contributed by atoms with E-state index in [4.69, 9.17) is 4.74 Å². The van der Waals surface area contributed by atoms with Gasteiger partial charge < -0.3 is 9.64 Å². The van der Waals surface area contributed by atoms with Gasteiger partial charge in [-0.15, -0.1) is 0 Å². The molecule has 1 amide bonds. The SMILES string of the molecule is Cc1ccc(C)c(C2CN(C(=O)c3ccc(=O)[nH]n3)C(C)CO2)c1. The van der Waals surface area contributed by atoms with Crippen molar-refractivity contribution in [2.75, 3.05) is 13.2 Å². The highest BCUT2D eigenvalue weighted by Gasteiger charge is 2.32. The van der Waals surface area contributed by atoms with Crippen molar-refractivity contribution in [1.29, 1.82) is 0 Å². The molecule has 2 atom stereocenters. The van der Waals surface area contributed by atoms with E-state index in [1.165, 1.54) is 12.1 Å². The summed E-state index contributed by atoms with van der Waals surface area (Å²) in [6, 6.07) is 8.97. The van der Waals surface area contributed by atoms with Crippen molar-refractivity contribution in [2.24, 2.45) is 0 Å².